The van der Waals surface area contributed by atoms with Crippen molar-refractivity contribution < 1.29 is 9.53 Å². The third-order valence-corrected chi connectivity index (χ3v) is 5.52. The minimum absolute atomic E-state index is 0.0994. The molecular weight excluding hydrogens is 372 g/mol. The Labute approximate surface area is 155 Å². The molecule has 0 bridgehead atoms. The maximum absolute atomic E-state index is 12.5. The molecule has 0 aliphatic carbocycles. The average Bonchev–Trinajstić information content (AvgIpc) is 3.26. The minimum atomic E-state index is -0.623. The van der Waals surface area contributed by atoms with Gasteiger partial charge < -0.3 is 9.72 Å². The number of esters is 1. The molecule has 4 aromatic rings. The van der Waals surface area contributed by atoms with Crippen molar-refractivity contribution in [1.82, 2.24) is 19.9 Å². The molecule has 0 saturated heterocycles. The van der Waals surface area contributed by atoms with Crippen LogP contribution in [0.1, 0.15) is 21.2 Å². The molecule has 0 saturated carbocycles. The minimum Gasteiger partial charge on any atom is -0.453 e. The third kappa shape index (κ3) is 3.14. The van der Waals surface area contributed by atoms with Gasteiger partial charge in [-0.1, -0.05) is 0 Å². The summed E-state index contributed by atoms with van der Waals surface area (Å²) in [7, 11) is 0. The van der Waals surface area contributed by atoms with E-state index < -0.39 is 5.97 Å². The summed E-state index contributed by atoms with van der Waals surface area (Å²) in [6.45, 7) is 1.88. The van der Waals surface area contributed by atoms with Crippen molar-refractivity contribution in [2.75, 3.05) is 0 Å². The highest BCUT2D eigenvalue weighted by Gasteiger charge is 2.15. The third-order valence-electron chi connectivity index (χ3n) is 3.61. The summed E-state index contributed by atoms with van der Waals surface area (Å²) in [5.41, 5.74) is 0.727. The van der Waals surface area contributed by atoms with Crippen LogP contribution in [0.15, 0.2) is 40.9 Å². The lowest BCUT2D eigenvalue weighted by atomic mass is 10.2. The van der Waals surface area contributed by atoms with E-state index in [2.05, 4.69) is 19.9 Å². The van der Waals surface area contributed by atoms with E-state index in [0.29, 0.717) is 10.2 Å². The lowest BCUT2D eigenvalue weighted by molar-refractivity contribution is 0.0455. The van der Waals surface area contributed by atoms with E-state index in [-0.39, 0.29) is 23.7 Å². The number of nitrogens with one attached hydrogen (secondary N) is 1. The number of ether oxygens (including phenoxy) is 1. The number of carbonyl (C=O) groups excluding carboxylic acids is 1. The number of carbonyl (C=O) groups is 1. The highest BCUT2D eigenvalue weighted by molar-refractivity contribution is 7.19. The molecule has 7 nitrogen and oxygen atoms in total. The number of fused-ring (bicyclic) bond motifs is 1. The molecule has 0 fully saturated rings. The summed E-state index contributed by atoms with van der Waals surface area (Å²) in [6.07, 6.45) is 4.19. The number of hydrogen-bond donors (Lipinski definition) is 1. The van der Waals surface area contributed by atoms with E-state index in [1.165, 1.54) is 34.8 Å². The number of nitrogens with zero attached hydrogens (tertiary/aromatic N) is 3. The molecule has 0 atom stereocenters. The first-order valence-corrected chi connectivity index (χ1v) is 9.32. The predicted molar refractivity (Wildman–Crippen MR) is 99.4 cm³/mol. The van der Waals surface area contributed by atoms with Crippen LogP contribution in [-0.4, -0.2) is 25.9 Å². The first kappa shape index (κ1) is 16.6. The standard InChI is InChI=1S/C17H12N4O3S2/c1-9-2-3-12(26-9)10-8-25-16-14(10)15(22)20-13(21-16)7-24-17(23)11-6-18-4-5-19-11/h2-6,8H,7H2,1H3,(H,20,21,22). The molecule has 130 valence electrons. The van der Waals surface area contributed by atoms with Gasteiger partial charge in [0.25, 0.3) is 5.56 Å². The highest BCUT2D eigenvalue weighted by Crippen LogP contribution is 2.34. The van der Waals surface area contributed by atoms with Crippen LogP contribution in [0, 0.1) is 6.92 Å². The Bertz CT molecular complexity index is 1150. The fourth-order valence-corrected chi connectivity index (χ4v) is 4.36. The Hall–Kier alpha value is -2.91. The van der Waals surface area contributed by atoms with E-state index in [0.717, 1.165) is 10.4 Å². The van der Waals surface area contributed by atoms with Crippen LogP contribution in [0.2, 0.25) is 0 Å². The number of aromatic nitrogens is 4. The molecule has 0 radical (unpaired) electrons. The second kappa shape index (κ2) is 6.77. The van der Waals surface area contributed by atoms with E-state index in [1.54, 1.807) is 11.3 Å². The maximum Gasteiger partial charge on any atom is 0.358 e. The monoisotopic (exact) mass is 384 g/mol. The molecular formula is C17H12N4O3S2. The Morgan fingerprint density at radius 3 is 2.92 bits per heavy atom. The number of rotatable bonds is 4. The molecule has 4 rings (SSSR count). The first-order chi connectivity index (χ1) is 12.6. The Balaban J connectivity index is 1.60. The van der Waals surface area contributed by atoms with Gasteiger partial charge in [0.05, 0.1) is 11.6 Å². The molecule has 0 unspecified atom stereocenters. The van der Waals surface area contributed by atoms with Gasteiger partial charge in [-0.15, -0.1) is 22.7 Å². The average molecular weight is 384 g/mol. The van der Waals surface area contributed by atoms with Gasteiger partial charge in [0, 0.05) is 33.1 Å². The zero-order valence-corrected chi connectivity index (χ0v) is 15.2. The van der Waals surface area contributed by atoms with Crippen LogP contribution >= 0.6 is 22.7 Å². The lowest BCUT2D eigenvalue weighted by Crippen LogP contribution is -2.14. The second-order valence-corrected chi connectivity index (χ2v) is 7.57. The molecule has 4 heterocycles. The Morgan fingerprint density at radius 1 is 1.31 bits per heavy atom. The Morgan fingerprint density at radius 2 is 2.19 bits per heavy atom. The molecule has 0 amide bonds. The summed E-state index contributed by atoms with van der Waals surface area (Å²) in [5, 5.41) is 2.48. The SMILES string of the molecule is Cc1ccc(-c2csc3nc(COC(=O)c4cnccn4)[nH]c(=O)c23)s1. The number of aryl methyl sites for hydroxylation is 1. The van der Waals surface area contributed by atoms with Crippen molar-refractivity contribution >= 4 is 38.9 Å². The van der Waals surface area contributed by atoms with Gasteiger partial charge in [-0.05, 0) is 19.1 Å². The number of thiophene rings is 2. The van der Waals surface area contributed by atoms with Crippen molar-refractivity contribution in [1.29, 1.82) is 0 Å². The van der Waals surface area contributed by atoms with E-state index in [4.69, 9.17) is 4.74 Å². The molecule has 26 heavy (non-hydrogen) atoms. The zero-order chi connectivity index (χ0) is 18.1. The largest absolute Gasteiger partial charge is 0.453 e. The van der Waals surface area contributed by atoms with Gasteiger partial charge >= 0.3 is 5.97 Å². The lowest BCUT2D eigenvalue weighted by Gasteiger charge is -2.04. The van der Waals surface area contributed by atoms with Gasteiger partial charge in [0.15, 0.2) is 5.69 Å². The summed E-state index contributed by atoms with van der Waals surface area (Å²) in [6, 6.07) is 4.02. The van der Waals surface area contributed by atoms with Crippen LogP contribution in [0.4, 0.5) is 0 Å². The van der Waals surface area contributed by atoms with Crippen molar-refractivity contribution in [2.45, 2.75) is 13.5 Å². The van der Waals surface area contributed by atoms with Gasteiger partial charge in [0.2, 0.25) is 0 Å². The molecule has 0 aromatic carbocycles. The number of H-pyrrole nitrogens is 1. The highest BCUT2D eigenvalue weighted by atomic mass is 32.1. The van der Waals surface area contributed by atoms with Crippen molar-refractivity contribution in [3.8, 4) is 10.4 Å². The first-order valence-electron chi connectivity index (χ1n) is 7.62. The van der Waals surface area contributed by atoms with Crippen LogP contribution in [0.5, 0.6) is 0 Å². The predicted octanol–water partition coefficient (Wildman–Crippen LogP) is 3.17. The molecule has 0 spiro atoms. The number of aromatic amines is 1. The van der Waals surface area contributed by atoms with Gasteiger partial charge in [-0.25, -0.2) is 14.8 Å². The second-order valence-electron chi connectivity index (χ2n) is 5.42. The van der Waals surface area contributed by atoms with E-state index in [1.807, 2.05) is 24.4 Å². The van der Waals surface area contributed by atoms with Gasteiger partial charge in [-0.3, -0.25) is 9.78 Å². The van der Waals surface area contributed by atoms with Crippen molar-refractivity contribution in [3.05, 3.63) is 62.9 Å². The summed E-state index contributed by atoms with van der Waals surface area (Å²) < 4.78 is 5.15. The smallest absolute Gasteiger partial charge is 0.358 e. The molecule has 1 N–H and O–H groups in total. The van der Waals surface area contributed by atoms with Crippen LogP contribution < -0.4 is 5.56 Å². The van der Waals surface area contributed by atoms with Crippen molar-refractivity contribution in [3.63, 3.8) is 0 Å². The van der Waals surface area contributed by atoms with E-state index >= 15 is 0 Å². The van der Waals surface area contributed by atoms with Gasteiger partial charge in [0.1, 0.15) is 17.3 Å². The van der Waals surface area contributed by atoms with Crippen molar-refractivity contribution in [2.24, 2.45) is 0 Å². The summed E-state index contributed by atoms with van der Waals surface area (Å²) in [4.78, 5) is 42.1. The van der Waals surface area contributed by atoms with Gasteiger partial charge in [-0.2, -0.15) is 0 Å². The van der Waals surface area contributed by atoms with E-state index in [9.17, 15) is 9.59 Å². The molecule has 0 aliphatic heterocycles. The summed E-state index contributed by atoms with van der Waals surface area (Å²) in [5.74, 6) is -0.336. The zero-order valence-electron chi connectivity index (χ0n) is 13.6. The summed E-state index contributed by atoms with van der Waals surface area (Å²) >= 11 is 3.02. The number of hydrogen-bond acceptors (Lipinski definition) is 8. The van der Waals surface area contributed by atoms with Crippen LogP contribution in [-0.2, 0) is 11.3 Å². The molecule has 4 aromatic heterocycles. The normalized spacial score (nSPS) is 11.0. The molecule has 9 heteroatoms. The molecule has 0 aliphatic rings. The fourth-order valence-electron chi connectivity index (χ4n) is 2.43. The van der Waals surface area contributed by atoms with Crippen LogP contribution in [0.25, 0.3) is 20.7 Å². The topological polar surface area (TPSA) is 97.8 Å². The maximum atomic E-state index is 12.5. The quantitative estimate of drug-likeness (QED) is 0.543. The fraction of sp³-hybridized carbons (Fsp3) is 0.118. The van der Waals surface area contributed by atoms with Crippen LogP contribution in [0.3, 0.4) is 0 Å². The Kier molecular flexibility index (Phi) is 4.31.